The third-order valence-corrected chi connectivity index (χ3v) is 6.72. The average Bonchev–Trinajstić information content (AvgIpc) is 2.83. The Morgan fingerprint density at radius 1 is 0.447 bits per heavy atom. The fourth-order valence-electron chi connectivity index (χ4n) is 4.94. The number of hydrogen-bond acceptors (Lipinski definition) is 8. The van der Waals surface area contributed by atoms with E-state index in [0.29, 0.717) is 42.4 Å². The van der Waals surface area contributed by atoms with E-state index in [1.54, 1.807) is 36.4 Å². The van der Waals surface area contributed by atoms with E-state index in [9.17, 15) is 40.9 Å². The van der Waals surface area contributed by atoms with Crippen LogP contribution in [0.2, 0.25) is 0 Å². The molecule has 0 aromatic heterocycles. The van der Waals surface area contributed by atoms with Crippen LogP contribution in [0.1, 0.15) is 34.6 Å². The first kappa shape index (κ1) is 26.3. The highest BCUT2D eigenvalue weighted by molar-refractivity contribution is 5.44. The van der Waals surface area contributed by atoms with E-state index in [2.05, 4.69) is 0 Å². The molecule has 0 amide bonds. The Balaban J connectivity index is 1.76. The van der Waals surface area contributed by atoms with Crippen LogP contribution in [0.15, 0.2) is 72.8 Å². The maximum Gasteiger partial charge on any atom is 0.157 e. The van der Waals surface area contributed by atoms with Gasteiger partial charge in [-0.05, 0) is 108 Å². The van der Waals surface area contributed by atoms with E-state index in [4.69, 9.17) is 0 Å². The second-order valence-corrected chi connectivity index (χ2v) is 9.60. The Labute approximate surface area is 219 Å². The highest BCUT2D eigenvalue weighted by Gasteiger charge is 2.26. The predicted octanol–water partition coefficient (Wildman–Crippen LogP) is 5.15. The largest absolute Gasteiger partial charge is 0.508 e. The predicted molar refractivity (Wildman–Crippen MR) is 141 cm³/mol. The molecule has 0 aliphatic heterocycles. The molecule has 4 rings (SSSR count). The van der Waals surface area contributed by atoms with Gasteiger partial charge in [0, 0.05) is 12.1 Å². The molecule has 8 nitrogen and oxygen atoms in total. The van der Waals surface area contributed by atoms with Gasteiger partial charge in [-0.25, -0.2) is 0 Å². The smallest absolute Gasteiger partial charge is 0.157 e. The minimum Gasteiger partial charge on any atom is -0.508 e. The third-order valence-electron chi connectivity index (χ3n) is 6.72. The summed E-state index contributed by atoms with van der Waals surface area (Å²) in [5.74, 6) is -1.86. The first-order valence-electron chi connectivity index (χ1n) is 12.1. The van der Waals surface area contributed by atoms with Crippen molar-refractivity contribution in [3.63, 3.8) is 0 Å². The van der Waals surface area contributed by atoms with Gasteiger partial charge in [-0.3, -0.25) is 0 Å². The number of phenolic OH excluding ortho intramolecular Hbond substituents is 8. The second kappa shape index (κ2) is 11.1. The summed E-state index contributed by atoms with van der Waals surface area (Å²) in [6.45, 7) is 0. The third kappa shape index (κ3) is 6.53. The van der Waals surface area contributed by atoms with Crippen molar-refractivity contribution >= 4 is 0 Å². The van der Waals surface area contributed by atoms with Crippen LogP contribution in [0.5, 0.6) is 46.0 Å². The molecule has 8 heteroatoms. The standard InChI is InChI=1S/C30H30O8/c31-22-8-18(9-23(32)15-22)1-4-20(7-17-2-5-27(35)29(37)11-17)26(21-13-24(33)16-25(34)14-21)10-19-3-6-28(36)30(38)12-19/h2-3,5-6,8-9,11-16,20,26,31-38H,1,4,7,10H2/t20-,26-/m1/s1. The number of hydrogen-bond donors (Lipinski definition) is 8. The number of aryl methyl sites for hydroxylation is 1. The molecule has 2 atom stereocenters. The van der Waals surface area contributed by atoms with Gasteiger partial charge in [-0.2, -0.15) is 0 Å². The zero-order valence-corrected chi connectivity index (χ0v) is 20.5. The van der Waals surface area contributed by atoms with E-state index in [1.165, 1.54) is 36.4 Å². The van der Waals surface area contributed by atoms with Crippen LogP contribution in [-0.2, 0) is 19.3 Å². The van der Waals surface area contributed by atoms with Gasteiger partial charge >= 0.3 is 0 Å². The van der Waals surface area contributed by atoms with Gasteiger partial charge < -0.3 is 40.9 Å². The summed E-state index contributed by atoms with van der Waals surface area (Å²) in [5, 5.41) is 80.1. The Morgan fingerprint density at radius 3 is 1.42 bits per heavy atom. The van der Waals surface area contributed by atoms with Crippen LogP contribution in [0.3, 0.4) is 0 Å². The lowest BCUT2D eigenvalue weighted by Crippen LogP contribution is -2.19. The van der Waals surface area contributed by atoms with Crippen LogP contribution in [0.25, 0.3) is 0 Å². The van der Waals surface area contributed by atoms with E-state index >= 15 is 0 Å². The molecule has 198 valence electrons. The summed E-state index contributed by atoms with van der Waals surface area (Å²) in [6, 6.07) is 17.9. The molecule has 8 N–H and O–H groups in total. The summed E-state index contributed by atoms with van der Waals surface area (Å²) < 4.78 is 0. The Kier molecular flexibility index (Phi) is 7.71. The summed E-state index contributed by atoms with van der Waals surface area (Å²) >= 11 is 0. The van der Waals surface area contributed by atoms with Crippen molar-refractivity contribution in [2.75, 3.05) is 0 Å². The van der Waals surface area contributed by atoms with Crippen LogP contribution in [0, 0.1) is 5.92 Å². The molecule has 0 unspecified atom stereocenters. The quantitative estimate of drug-likeness (QED) is 0.141. The SMILES string of the molecule is Oc1cc(O)cc(CC[C@H](Cc2ccc(O)c(O)c2)[C@@H](Cc2ccc(O)c(O)c2)c2cc(O)cc(O)c2)c1. The van der Waals surface area contributed by atoms with Crippen molar-refractivity contribution in [1.29, 1.82) is 0 Å². The molecular formula is C30H30O8. The summed E-state index contributed by atoms with van der Waals surface area (Å²) in [5.41, 5.74) is 2.80. The average molecular weight is 519 g/mol. The molecule has 0 aliphatic carbocycles. The highest BCUT2D eigenvalue weighted by atomic mass is 16.3. The lowest BCUT2D eigenvalue weighted by Gasteiger charge is -2.29. The lowest BCUT2D eigenvalue weighted by atomic mass is 9.75. The fraction of sp³-hybridized carbons (Fsp3) is 0.200. The zero-order chi connectivity index (χ0) is 27.4. The van der Waals surface area contributed by atoms with Crippen molar-refractivity contribution in [1.82, 2.24) is 0 Å². The summed E-state index contributed by atoms with van der Waals surface area (Å²) in [6.07, 6.45) is 1.81. The molecule has 0 fully saturated rings. The molecule has 38 heavy (non-hydrogen) atoms. The van der Waals surface area contributed by atoms with Gasteiger partial charge in [-0.15, -0.1) is 0 Å². The molecule has 0 aliphatic rings. The second-order valence-electron chi connectivity index (χ2n) is 9.60. The van der Waals surface area contributed by atoms with Crippen LogP contribution >= 0.6 is 0 Å². The zero-order valence-electron chi connectivity index (χ0n) is 20.5. The van der Waals surface area contributed by atoms with Gasteiger partial charge in [0.1, 0.15) is 23.0 Å². The van der Waals surface area contributed by atoms with Crippen molar-refractivity contribution in [2.24, 2.45) is 5.92 Å². The van der Waals surface area contributed by atoms with Gasteiger partial charge in [0.05, 0.1) is 0 Å². The van der Waals surface area contributed by atoms with Crippen LogP contribution in [-0.4, -0.2) is 40.9 Å². The normalized spacial score (nSPS) is 12.7. The number of aromatic hydroxyl groups is 8. The molecule has 0 saturated carbocycles. The number of benzene rings is 4. The molecule has 4 aromatic rings. The molecular weight excluding hydrogens is 488 g/mol. The molecule has 0 heterocycles. The Morgan fingerprint density at radius 2 is 0.921 bits per heavy atom. The summed E-state index contributed by atoms with van der Waals surface area (Å²) in [7, 11) is 0. The minimum atomic E-state index is -0.321. The van der Waals surface area contributed by atoms with Crippen LogP contribution < -0.4 is 0 Å². The van der Waals surface area contributed by atoms with Crippen molar-refractivity contribution in [3.8, 4) is 46.0 Å². The Bertz CT molecular complexity index is 1390. The lowest BCUT2D eigenvalue weighted by molar-refractivity contribution is 0.378. The van der Waals surface area contributed by atoms with E-state index in [-0.39, 0.29) is 57.8 Å². The molecule has 0 bridgehead atoms. The van der Waals surface area contributed by atoms with Crippen LogP contribution in [0.4, 0.5) is 0 Å². The maximum absolute atomic E-state index is 10.2. The molecule has 0 saturated heterocycles. The first-order valence-corrected chi connectivity index (χ1v) is 12.1. The topological polar surface area (TPSA) is 162 Å². The van der Waals surface area contributed by atoms with Crippen molar-refractivity contribution in [2.45, 2.75) is 31.6 Å². The summed E-state index contributed by atoms with van der Waals surface area (Å²) in [4.78, 5) is 0. The molecule has 4 aromatic carbocycles. The fourth-order valence-corrected chi connectivity index (χ4v) is 4.94. The van der Waals surface area contributed by atoms with Crippen molar-refractivity contribution in [3.05, 3.63) is 95.1 Å². The van der Waals surface area contributed by atoms with Gasteiger partial charge in [0.25, 0.3) is 0 Å². The monoisotopic (exact) mass is 518 g/mol. The number of phenols is 8. The number of rotatable bonds is 9. The molecule has 0 spiro atoms. The van der Waals surface area contributed by atoms with Crippen molar-refractivity contribution < 1.29 is 40.9 Å². The highest BCUT2D eigenvalue weighted by Crippen LogP contribution is 2.39. The Hall–Kier alpha value is -4.72. The van der Waals surface area contributed by atoms with Gasteiger partial charge in [0.15, 0.2) is 23.0 Å². The van der Waals surface area contributed by atoms with E-state index in [1.807, 2.05) is 0 Å². The molecule has 0 radical (unpaired) electrons. The maximum atomic E-state index is 10.2. The van der Waals surface area contributed by atoms with Gasteiger partial charge in [-0.1, -0.05) is 12.1 Å². The minimum absolute atomic E-state index is 0.0611. The first-order chi connectivity index (χ1) is 18.1. The van der Waals surface area contributed by atoms with E-state index < -0.39 is 0 Å². The van der Waals surface area contributed by atoms with E-state index in [0.717, 1.165) is 5.56 Å². The van der Waals surface area contributed by atoms with Gasteiger partial charge in [0.2, 0.25) is 0 Å².